The van der Waals surface area contributed by atoms with Crippen molar-refractivity contribution in [2.75, 3.05) is 13.2 Å². The molecule has 1 aliphatic rings. The molecule has 0 aromatic heterocycles. The van der Waals surface area contributed by atoms with Crippen LogP contribution in [0.15, 0.2) is 0 Å². The van der Waals surface area contributed by atoms with Crippen LogP contribution in [0.3, 0.4) is 0 Å². The standard InChI is InChI=1S/C13H25NO3/c1-10-5-6-11(7-8-15)14(9-10)12(16)17-13(2,3)4/h10-11,15H,5-9H2,1-4H3/t10-,11+/m1/s1. The fourth-order valence-corrected chi connectivity index (χ4v) is 2.20. The predicted octanol–water partition coefficient (Wildman–Crippen LogP) is 2.40. The number of ether oxygens (including phenoxy) is 1. The molecule has 4 heteroatoms. The van der Waals surface area contributed by atoms with Crippen molar-refractivity contribution in [2.24, 2.45) is 5.92 Å². The average Bonchev–Trinajstić information content (AvgIpc) is 2.18. The Balaban J connectivity index is 2.65. The van der Waals surface area contributed by atoms with E-state index in [1.165, 1.54) is 0 Å². The number of hydrogen-bond donors (Lipinski definition) is 1. The number of piperidine rings is 1. The molecule has 0 bridgehead atoms. The van der Waals surface area contributed by atoms with Crippen molar-refractivity contribution in [3.63, 3.8) is 0 Å². The van der Waals surface area contributed by atoms with Crippen molar-refractivity contribution >= 4 is 6.09 Å². The first-order chi connectivity index (χ1) is 7.83. The van der Waals surface area contributed by atoms with E-state index in [1.807, 2.05) is 20.8 Å². The van der Waals surface area contributed by atoms with E-state index in [1.54, 1.807) is 4.90 Å². The van der Waals surface area contributed by atoms with E-state index in [-0.39, 0.29) is 18.7 Å². The number of carbonyl (C=O) groups is 1. The van der Waals surface area contributed by atoms with Crippen LogP contribution in [0, 0.1) is 5.92 Å². The Kier molecular flexibility index (Phi) is 4.80. The Morgan fingerprint density at radius 2 is 2.06 bits per heavy atom. The Hall–Kier alpha value is -0.770. The highest BCUT2D eigenvalue weighted by molar-refractivity contribution is 5.68. The molecule has 0 saturated carbocycles. The summed E-state index contributed by atoms with van der Waals surface area (Å²) in [4.78, 5) is 13.9. The number of amides is 1. The van der Waals surface area contributed by atoms with Gasteiger partial charge in [0.1, 0.15) is 5.60 Å². The maximum atomic E-state index is 12.1. The molecule has 1 heterocycles. The van der Waals surface area contributed by atoms with Crippen molar-refractivity contribution in [3.05, 3.63) is 0 Å². The number of aliphatic hydroxyl groups excluding tert-OH is 1. The molecule has 1 aliphatic heterocycles. The molecule has 2 atom stereocenters. The highest BCUT2D eigenvalue weighted by atomic mass is 16.6. The molecule has 17 heavy (non-hydrogen) atoms. The molecule has 1 amide bonds. The second-order valence-corrected chi connectivity index (χ2v) is 5.98. The summed E-state index contributed by atoms with van der Waals surface area (Å²) in [7, 11) is 0. The summed E-state index contributed by atoms with van der Waals surface area (Å²) in [6.45, 7) is 8.63. The molecular weight excluding hydrogens is 218 g/mol. The van der Waals surface area contributed by atoms with Crippen LogP contribution < -0.4 is 0 Å². The lowest BCUT2D eigenvalue weighted by molar-refractivity contribution is 0.000937. The molecule has 4 nitrogen and oxygen atoms in total. The van der Waals surface area contributed by atoms with Crippen molar-refractivity contribution < 1.29 is 14.6 Å². The summed E-state index contributed by atoms with van der Waals surface area (Å²) < 4.78 is 5.41. The van der Waals surface area contributed by atoms with Crippen molar-refractivity contribution in [3.8, 4) is 0 Å². The zero-order chi connectivity index (χ0) is 13.1. The van der Waals surface area contributed by atoms with E-state index in [9.17, 15) is 4.79 Å². The van der Waals surface area contributed by atoms with Crippen LogP contribution in [0.2, 0.25) is 0 Å². The number of aliphatic hydroxyl groups is 1. The average molecular weight is 243 g/mol. The third-order valence-electron chi connectivity index (χ3n) is 3.03. The first-order valence-electron chi connectivity index (χ1n) is 6.44. The van der Waals surface area contributed by atoms with Gasteiger partial charge in [-0.15, -0.1) is 0 Å². The predicted molar refractivity (Wildman–Crippen MR) is 66.8 cm³/mol. The Morgan fingerprint density at radius 1 is 1.41 bits per heavy atom. The Labute approximate surface area is 104 Å². The zero-order valence-electron chi connectivity index (χ0n) is 11.4. The van der Waals surface area contributed by atoms with Gasteiger partial charge in [0, 0.05) is 19.2 Å². The summed E-state index contributed by atoms with van der Waals surface area (Å²) in [5.74, 6) is 0.512. The quantitative estimate of drug-likeness (QED) is 0.810. The van der Waals surface area contributed by atoms with Gasteiger partial charge in [-0.2, -0.15) is 0 Å². The van der Waals surface area contributed by atoms with E-state index < -0.39 is 5.60 Å². The van der Waals surface area contributed by atoms with Crippen LogP contribution >= 0.6 is 0 Å². The summed E-state index contributed by atoms with van der Waals surface area (Å²) >= 11 is 0. The summed E-state index contributed by atoms with van der Waals surface area (Å²) in [6, 6.07) is 0.131. The van der Waals surface area contributed by atoms with Crippen molar-refractivity contribution in [2.45, 2.75) is 58.6 Å². The third-order valence-corrected chi connectivity index (χ3v) is 3.03. The maximum Gasteiger partial charge on any atom is 0.410 e. The van der Waals surface area contributed by atoms with Gasteiger partial charge in [0.15, 0.2) is 0 Å². The number of nitrogens with zero attached hydrogens (tertiary/aromatic N) is 1. The first-order valence-corrected chi connectivity index (χ1v) is 6.44. The molecule has 0 spiro atoms. The normalized spacial score (nSPS) is 25.8. The van der Waals surface area contributed by atoms with Gasteiger partial charge in [-0.05, 0) is 46.0 Å². The minimum atomic E-state index is -0.457. The van der Waals surface area contributed by atoms with Crippen LogP contribution in [0.5, 0.6) is 0 Å². The Morgan fingerprint density at radius 3 is 2.59 bits per heavy atom. The largest absolute Gasteiger partial charge is 0.444 e. The van der Waals surface area contributed by atoms with Gasteiger partial charge >= 0.3 is 6.09 Å². The number of carbonyl (C=O) groups excluding carboxylic acids is 1. The number of hydrogen-bond acceptors (Lipinski definition) is 3. The molecule has 1 saturated heterocycles. The lowest BCUT2D eigenvalue weighted by Gasteiger charge is -2.39. The molecule has 0 radical (unpaired) electrons. The van der Waals surface area contributed by atoms with E-state index in [0.29, 0.717) is 12.3 Å². The molecule has 0 aromatic rings. The fourth-order valence-electron chi connectivity index (χ4n) is 2.20. The minimum absolute atomic E-state index is 0.123. The molecule has 0 unspecified atom stereocenters. The van der Waals surface area contributed by atoms with Gasteiger partial charge in [-0.25, -0.2) is 4.79 Å². The van der Waals surface area contributed by atoms with E-state index in [4.69, 9.17) is 9.84 Å². The van der Waals surface area contributed by atoms with E-state index in [0.717, 1.165) is 19.4 Å². The molecule has 1 N–H and O–H groups in total. The van der Waals surface area contributed by atoms with E-state index >= 15 is 0 Å². The number of rotatable bonds is 2. The zero-order valence-corrected chi connectivity index (χ0v) is 11.4. The summed E-state index contributed by atoms with van der Waals surface area (Å²) in [5, 5.41) is 9.04. The molecule has 0 aromatic carbocycles. The monoisotopic (exact) mass is 243 g/mol. The summed E-state index contributed by atoms with van der Waals surface area (Å²) in [5.41, 5.74) is -0.457. The lowest BCUT2D eigenvalue weighted by atomic mass is 9.93. The van der Waals surface area contributed by atoms with Crippen molar-refractivity contribution in [1.29, 1.82) is 0 Å². The Bertz CT molecular complexity index is 260. The van der Waals surface area contributed by atoms with Gasteiger partial charge in [-0.3, -0.25) is 0 Å². The second kappa shape index (κ2) is 5.71. The van der Waals surface area contributed by atoms with Crippen LogP contribution in [0.1, 0.15) is 47.0 Å². The van der Waals surface area contributed by atoms with Gasteiger partial charge in [-0.1, -0.05) is 6.92 Å². The first kappa shape index (κ1) is 14.3. The highest BCUT2D eigenvalue weighted by Gasteiger charge is 2.32. The molecule has 100 valence electrons. The van der Waals surface area contributed by atoms with Gasteiger partial charge in [0.25, 0.3) is 0 Å². The minimum Gasteiger partial charge on any atom is -0.444 e. The number of likely N-dealkylation sites (tertiary alicyclic amines) is 1. The SMILES string of the molecule is C[C@@H]1CC[C@@H](CCO)N(C(=O)OC(C)(C)C)C1. The molecule has 1 rings (SSSR count). The molecular formula is C13H25NO3. The fraction of sp³-hybridized carbons (Fsp3) is 0.923. The summed E-state index contributed by atoms with van der Waals surface area (Å²) in [6.07, 6.45) is 2.47. The van der Waals surface area contributed by atoms with Crippen LogP contribution in [-0.2, 0) is 4.74 Å². The smallest absolute Gasteiger partial charge is 0.410 e. The molecule has 1 fully saturated rings. The van der Waals surface area contributed by atoms with Crippen LogP contribution in [-0.4, -0.2) is 40.9 Å². The second-order valence-electron chi connectivity index (χ2n) is 5.98. The van der Waals surface area contributed by atoms with Crippen LogP contribution in [0.25, 0.3) is 0 Å². The van der Waals surface area contributed by atoms with Gasteiger partial charge in [0.05, 0.1) is 0 Å². The maximum absolute atomic E-state index is 12.1. The van der Waals surface area contributed by atoms with E-state index in [2.05, 4.69) is 6.92 Å². The third kappa shape index (κ3) is 4.54. The van der Waals surface area contributed by atoms with Crippen LogP contribution in [0.4, 0.5) is 4.79 Å². The van der Waals surface area contributed by atoms with Crippen molar-refractivity contribution in [1.82, 2.24) is 4.90 Å². The van der Waals surface area contributed by atoms with Gasteiger partial charge in [0.2, 0.25) is 0 Å². The topological polar surface area (TPSA) is 49.8 Å². The lowest BCUT2D eigenvalue weighted by Crippen LogP contribution is -2.48. The van der Waals surface area contributed by atoms with Gasteiger partial charge < -0.3 is 14.7 Å². The molecule has 0 aliphatic carbocycles. The highest BCUT2D eigenvalue weighted by Crippen LogP contribution is 2.25.